The van der Waals surface area contributed by atoms with E-state index in [2.05, 4.69) is 42.7 Å². The Kier molecular flexibility index (Phi) is 6.60. The number of likely N-dealkylation sites (tertiary alicyclic amines) is 1. The van der Waals surface area contributed by atoms with Crippen LogP contribution in [0.4, 0.5) is 27.0 Å². The normalized spacial score (nSPS) is 24.2. The number of methoxy groups -OCH3 is 1. The molecule has 2 atom stereocenters. The van der Waals surface area contributed by atoms with Crippen molar-refractivity contribution < 1.29 is 19.0 Å². The molecule has 1 amide bonds. The van der Waals surface area contributed by atoms with Gasteiger partial charge in [0.15, 0.2) is 0 Å². The Balaban J connectivity index is 1.74. The summed E-state index contributed by atoms with van der Waals surface area (Å²) in [5.41, 5.74) is 0.489. The predicted octanol–water partition coefficient (Wildman–Crippen LogP) is 2.43. The van der Waals surface area contributed by atoms with E-state index in [1.54, 1.807) is 6.08 Å². The summed E-state index contributed by atoms with van der Waals surface area (Å²) in [5, 5.41) is 17.2. The predicted molar refractivity (Wildman–Crippen MR) is 107 cm³/mol. The molecule has 2 aliphatic rings. The van der Waals surface area contributed by atoms with Gasteiger partial charge in [0.2, 0.25) is 23.7 Å². The lowest BCUT2D eigenvalue weighted by Gasteiger charge is -2.24. The average Bonchev–Trinajstić information content (AvgIpc) is 3.13. The van der Waals surface area contributed by atoms with Gasteiger partial charge in [0.1, 0.15) is 0 Å². The van der Waals surface area contributed by atoms with Gasteiger partial charge in [0, 0.05) is 25.4 Å². The van der Waals surface area contributed by atoms with Gasteiger partial charge >= 0.3 is 6.09 Å². The van der Waals surface area contributed by atoms with Gasteiger partial charge in [-0.3, -0.25) is 10.2 Å². The van der Waals surface area contributed by atoms with Crippen molar-refractivity contribution in [2.45, 2.75) is 38.1 Å². The Bertz CT molecular complexity index is 804. The topological polar surface area (TPSA) is 125 Å². The van der Waals surface area contributed by atoms with Crippen molar-refractivity contribution in [2.24, 2.45) is 0 Å². The van der Waals surface area contributed by atoms with E-state index >= 15 is 0 Å². The van der Waals surface area contributed by atoms with E-state index in [-0.39, 0.29) is 24.3 Å². The first kappa shape index (κ1) is 20.9. The maximum Gasteiger partial charge on any atom is 0.411 e. The lowest BCUT2D eigenvalue weighted by molar-refractivity contribution is -0.0785. The summed E-state index contributed by atoms with van der Waals surface area (Å²) in [6.45, 7) is 4.78. The highest BCUT2D eigenvalue weighted by molar-refractivity contribution is 5.80. The molecular formula is C18H26FN7O3. The molecule has 10 nitrogen and oxygen atoms in total. The van der Waals surface area contributed by atoms with Crippen LogP contribution in [0.25, 0.3) is 0 Å². The summed E-state index contributed by atoms with van der Waals surface area (Å²) >= 11 is 0. The minimum atomic E-state index is -1.92. The summed E-state index contributed by atoms with van der Waals surface area (Å²) in [6, 6.07) is 0.365. The van der Waals surface area contributed by atoms with Gasteiger partial charge in [-0.15, -0.1) is 0 Å². The molecule has 0 radical (unpaired) electrons. The third kappa shape index (κ3) is 5.61. The van der Waals surface area contributed by atoms with Crippen LogP contribution in [0.15, 0.2) is 23.9 Å². The van der Waals surface area contributed by atoms with Crippen molar-refractivity contribution in [2.75, 3.05) is 42.7 Å². The van der Waals surface area contributed by atoms with E-state index in [1.807, 2.05) is 0 Å². The van der Waals surface area contributed by atoms with Gasteiger partial charge in [-0.1, -0.05) is 13.0 Å². The molecule has 3 rings (SSSR count). The second kappa shape index (κ2) is 9.14. The van der Waals surface area contributed by atoms with Gasteiger partial charge in [-0.05, 0) is 38.1 Å². The van der Waals surface area contributed by atoms with E-state index in [1.165, 1.54) is 19.3 Å². The molecular weight excluding hydrogens is 381 g/mol. The number of amides is 1. The number of nitrogens with zero attached hydrogens (tertiary/aromatic N) is 4. The van der Waals surface area contributed by atoms with Gasteiger partial charge in [-0.2, -0.15) is 15.0 Å². The third-order valence-corrected chi connectivity index (χ3v) is 4.94. The zero-order valence-electron chi connectivity index (χ0n) is 16.5. The maximum atomic E-state index is 14.4. The number of allylic oxidation sites excluding steroid dienone is 2. The Labute approximate surface area is 168 Å². The highest BCUT2D eigenvalue weighted by Crippen LogP contribution is 2.28. The molecule has 2 heterocycles. The number of likely N-dealkylation sites (N-methyl/N-ethyl adjacent to an activating group) is 1. The fourth-order valence-corrected chi connectivity index (χ4v) is 3.47. The summed E-state index contributed by atoms with van der Waals surface area (Å²) in [5.74, 6) is -1.70. The number of hydrogen-bond donors (Lipinski definition) is 4. The van der Waals surface area contributed by atoms with Crippen LogP contribution in [0.2, 0.25) is 0 Å². The number of anilines is 3. The number of carboxylic acid groups (broad SMARTS) is 1. The molecule has 0 saturated carbocycles. The first-order valence-corrected chi connectivity index (χ1v) is 9.54. The van der Waals surface area contributed by atoms with Crippen molar-refractivity contribution in [3.63, 3.8) is 0 Å². The number of hydrogen-bond acceptors (Lipinski definition) is 8. The number of carbonyl (C=O) groups is 1. The number of halogens is 1. The van der Waals surface area contributed by atoms with Gasteiger partial charge < -0.3 is 20.5 Å². The van der Waals surface area contributed by atoms with Crippen molar-refractivity contribution in [3.8, 4) is 0 Å². The summed E-state index contributed by atoms with van der Waals surface area (Å²) in [7, 11) is 1.29. The smallest absolute Gasteiger partial charge is 0.411 e. The second-order valence-corrected chi connectivity index (χ2v) is 6.89. The molecule has 0 bridgehead atoms. The summed E-state index contributed by atoms with van der Waals surface area (Å²) in [6.07, 6.45) is 5.40. The van der Waals surface area contributed by atoms with Crippen LogP contribution in [0.1, 0.15) is 26.2 Å². The zero-order valence-corrected chi connectivity index (χ0v) is 16.5. The minimum Gasteiger partial charge on any atom is -0.465 e. The van der Waals surface area contributed by atoms with Crippen molar-refractivity contribution >= 4 is 23.9 Å². The zero-order chi connectivity index (χ0) is 20.9. The summed E-state index contributed by atoms with van der Waals surface area (Å²) in [4.78, 5) is 25.8. The maximum absolute atomic E-state index is 14.4. The van der Waals surface area contributed by atoms with Crippen molar-refractivity contribution in [1.29, 1.82) is 0 Å². The SMILES string of the molecule is CCN1CCCC1CNc1nc(NC(=O)O)nc(NC2=CC=CC(F)(OC)C2)n1. The fourth-order valence-electron chi connectivity index (χ4n) is 3.47. The molecule has 2 unspecified atom stereocenters. The average molecular weight is 407 g/mol. The number of aromatic nitrogens is 3. The molecule has 4 N–H and O–H groups in total. The third-order valence-electron chi connectivity index (χ3n) is 4.94. The van der Waals surface area contributed by atoms with Crippen LogP contribution >= 0.6 is 0 Å². The van der Waals surface area contributed by atoms with Crippen LogP contribution in [-0.4, -0.2) is 69.7 Å². The Hall–Kier alpha value is -2.79. The first-order valence-electron chi connectivity index (χ1n) is 9.54. The highest BCUT2D eigenvalue weighted by Gasteiger charge is 2.29. The largest absolute Gasteiger partial charge is 0.465 e. The Morgan fingerprint density at radius 1 is 1.38 bits per heavy atom. The molecule has 0 aromatic carbocycles. The van der Waals surface area contributed by atoms with E-state index < -0.39 is 11.9 Å². The van der Waals surface area contributed by atoms with Crippen molar-refractivity contribution in [3.05, 3.63) is 23.9 Å². The lowest BCUT2D eigenvalue weighted by atomic mass is 10.1. The molecule has 1 aromatic heterocycles. The molecule has 1 aromatic rings. The number of alkyl halides is 1. The monoisotopic (exact) mass is 407 g/mol. The number of nitrogens with one attached hydrogen (secondary N) is 3. The van der Waals surface area contributed by atoms with Gasteiger partial charge in [0.25, 0.3) is 0 Å². The molecule has 1 saturated heterocycles. The number of rotatable bonds is 8. The van der Waals surface area contributed by atoms with Crippen LogP contribution in [0.5, 0.6) is 0 Å². The summed E-state index contributed by atoms with van der Waals surface area (Å²) < 4.78 is 19.3. The number of ether oxygens (including phenoxy) is 1. The van der Waals surface area contributed by atoms with Gasteiger partial charge in [0.05, 0.1) is 6.42 Å². The minimum absolute atomic E-state index is 0.0519. The van der Waals surface area contributed by atoms with Crippen LogP contribution in [0.3, 0.4) is 0 Å². The van der Waals surface area contributed by atoms with E-state index in [9.17, 15) is 9.18 Å². The molecule has 1 aliphatic heterocycles. The second-order valence-electron chi connectivity index (χ2n) is 6.89. The lowest BCUT2D eigenvalue weighted by Crippen LogP contribution is -2.35. The quantitative estimate of drug-likeness (QED) is 0.514. The molecule has 1 aliphatic carbocycles. The van der Waals surface area contributed by atoms with Crippen LogP contribution < -0.4 is 16.0 Å². The van der Waals surface area contributed by atoms with Crippen molar-refractivity contribution in [1.82, 2.24) is 19.9 Å². The molecule has 158 valence electrons. The molecule has 1 fully saturated rings. The van der Waals surface area contributed by atoms with E-state index in [0.717, 1.165) is 25.9 Å². The fraction of sp³-hybridized carbons (Fsp3) is 0.556. The Morgan fingerprint density at radius 3 is 2.86 bits per heavy atom. The first-order chi connectivity index (χ1) is 13.9. The van der Waals surface area contributed by atoms with Crippen LogP contribution in [0, 0.1) is 0 Å². The standard InChI is InChI=1S/C18H26FN7O3/c1-3-26-9-5-7-13(26)11-20-14-22-15(24-16(23-14)25-17(27)28)21-12-6-4-8-18(19,10-12)29-2/h4,6,8,13H,3,5,7,9-11H2,1-2H3,(H,27,28)(H3,20,21,22,23,24,25). The van der Waals surface area contributed by atoms with Gasteiger partial charge in [-0.25, -0.2) is 9.18 Å². The van der Waals surface area contributed by atoms with Crippen LogP contribution in [-0.2, 0) is 4.74 Å². The Morgan fingerprint density at radius 2 is 2.14 bits per heavy atom. The van der Waals surface area contributed by atoms with E-state index in [0.29, 0.717) is 18.3 Å². The molecule has 11 heteroatoms. The molecule has 29 heavy (non-hydrogen) atoms. The van der Waals surface area contributed by atoms with E-state index in [4.69, 9.17) is 9.84 Å². The molecule has 0 spiro atoms. The highest BCUT2D eigenvalue weighted by atomic mass is 19.2.